The van der Waals surface area contributed by atoms with E-state index >= 15 is 0 Å². The third-order valence-corrected chi connectivity index (χ3v) is 2.27. The first-order chi connectivity index (χ1) is 7.60. The Morgan fingerprint density at radius 2 is 2.12 bits per heavy atom. The van der Waals surface area contributed by atoms with Crippen LogP contribution in [-0.4, -0.2) is 25.3 Å². The first kappa shape index (κ1) is 12.5. The fraction of sp³-hybridized carbons (Fsp3) is 0.200. The van der Waals surface area contributed by atoms with E-state index in [0.717, 1.165) is 4.47 Å². The Hall–Kier alpha value is -1.56. The fourth-order valence-electron chi connectivity index (χ4n) is 1.08. The third-order valence-electron chi connectivity index (χ3n) is 1.80. The number of pyridine rings is 1. The van der Waals surface area contributed by atoms with Crippen LogP contribution in [0, 0.1) is 0 Å². The van der Waals surface area contributed by atoms with Crippen LogP contribution in [0.4, 0.5) is 0 Å². The summed E-state index contributed by atoms with van der Waals surface area (Å²) in [5, 5.41) is 9.48. The third kappa shape index (κ3) is 2.73. The van der Waals surface area contributed by atoms with E-state index in [1.165, 1.54) is 18.8 Å². The molecule has 1 N–H and O–H groups in total. The van der Waals surface area contributed by atoms with Crippen molar-refractivity contribution in [1.29, 1.82) is 0 Å². The van der Waals surface area contributed by atoms with E-state index in [9.17, 15) is 9.90 Å². The van der Waals surface area contributed by atoms with Gasteiger partial charge < -0.3 is 14.6 Å². The molecule has 0 aliphatic heterocycles. The van der Waals surface area contributed by atoms with E-state index in [1.807, 2.05) is 0 Å². The van der Waals surface area contributed by atoms with Crippen molar-refractivity contribution in [3.05, 3.63) is 34.9 Å². The number of methoxy groups -OCH3 is 2. The fourth-order valence-corrected chi connectivity index (χ4v) is 1.46. The summed E-state index contributed by atoms with van der Waals surface area (Å²) in [4.78, 5) is 11.5. The van der Waals surface area contributed by atoms with Crippen LogP contribution in [0.25, 0.3) is 5.70 Å². The molecule has 0 radical (unpaired) electrons. The molecule has 0 unspecified atom stereocenters. The van der Waals surface area contributed by atoms with Crippen LogP contribution in [-0.2, 0) is 14.3 Å². The van der Waals surface area contributed by atoms with E-state index < -0.39 is 11.9 Å². The highest BCUT2D eigenvalue weighted by atomic mass is 79.9. The van der Waals surface area contributed by atoms with Gasteiger partial charge in [0.15, 0.2) is 12.4 Å². The monoisotopic (exact) mass is 288 g/mol. The van der Waals surface area contributed by atoms with Crippen molar-refractivity contribution in [2.45, 2.75) is 0 Å². The van der Waals surface area contributed by atoms with Crippen LogP contribution >= 0.6 is 15.9 Å². The molecule has 0 saturated carbocycles. The zero-order valence-corrected chi connectivity index (χ0v) is 10.4. The summed E-state index contributed by atoms with van der Waals surface area (Å²) in [6.45, 7) is 0. The highest BCUT2D eigenvalue weighted by Crippen LogP contribution is 2.08. The molecule has 0 atom stereocenters. The molecule has 0 aliphatic carbocycles. The molecule has 6 heteroatoms. The number of esters is 1. The minimum absolute atomic E-state index is 0.0914. The molecule has 1 aromatic rings. The smallest absolute Gasteiger partial charge is 0.411 e. The maximum Gasteiger partial charge on any atom is 0.411 e. The van der Waals surface area contributed by atoms with E-state index in [2.05, 4.69) is 25.4 Å². The van der Waals surface area contributed by atoms with Gasteiger partial charge >= 0.3 is 17.6 Å². The summed E-state index contributed by atoms with van der Waals surface area (Å²) < 4.78 is 11.3. The van der Waals surface area contributed by atoms with E-state index in [4.69, 9.17) is 0 Å². The van der Waals surface area contributed by atoms with Crippen LogP contribution in [0.5, 0.6) is 0 Å². The second kappa shape index (κ2) is 5.50. The number of aliphatic hydroxyl groups excluding tert-OH is 1. The van der Waals surface area contributed by atoms with Crippen molar-refractivity contribution in [3.8, 4) is 0 Å². The van der Waals surface area contributed by atoms with Gasteiger partial charge in [0.05, 0.1) is 18.7 Å². The quantitative estimate of drug-likeness (QED) is 0.393. The van der Waals surface area contributed by atoms with E-state index in [-0.39, 0.29) is 5.70 Å². The molecule has 0 aliphatic rings. The number of carbonyl (C=O) groups excluding carboxylic acids is 1. The van der Waals surface area contributed by atoms with Gasteiger partial charge in [-0.3, -0.25) is 0 Å². The lowest BCUT2D eigenvalue weighted by molar-refractivity contribution is -0.581. The molecule has 1 heterocycles. The van der Waals surface area contributed by atoms with Crippen LogP contribution < -0.4 is 4.57 Å². The first-order valence-corrected chi connectivity index (χ1v) is 5.12. The summed E-state index contributed by atoms with van der Waals surface area (Å²) in [7, 11) is 2.49. The van der Waals surface area contributed by atoms with Gasteiger partial charge in [0.2, 0.25) is 0 Å². The number of hydrogen-bond donors (Lipinski definition) is 1. The number of carbonyl (C=O) groups is 1. The molecule has 86 valence electrons. The Balaban J connectivity index is 3.28. The van der Waals surface area contributed by atoms with Crippen molar-refractivity contribution in [2.75, 3.05) is 14.2 Å². The molecule has 0 bridgehead atoms. The number of aliphatic hydroxyl groups is 1. The van der Waals surface area contributed by atoms with Crippen LogP contribution in [0.1, 0.15) is 0 Å². The second-order valence-corrected chi connectivity index (χ2v) is 3.69. The predicted octanol–water partition coefficient (Wildman–Crippen LogP) is 1.24. The summed E-state index contributed by atoms with van der Waals surface area (Å²) >= 11 is 3.25. The molecule has 5 nitrogen and oxygen atoms in total. The second-order valence-electron chi connectivity index (χ2n) is 2.78. The van der Waals surface area contributed by atoms with Gasteiger partial charge in [0.1, 0.15) is 0 Å². The topological polar surface area (TPSA) is 59.6 Å². The SMILES string of the molecule is COC(=O)/C(=C(\O)OC)[n+]1cccc(Br)c1. The summed E-state index contributed by atoms with van der Waals surface area (Å²) in [6.07, 6.45) is 3.19. The van der Waals surface area contributed by atoms with Crippen molar-refractivity contribution in [1.82, 2.24) is 0 Å². The lowest BCUT2D eigenvalue weighted by atomic mass is 10.4. The van der Waals surface area contributed by atoms with Gasteiger partial charge in [-0.15, -0.1) is 0 Å². The van der Waals surface area contributed by atoms with Crippen LogP contribution in [0.15, 0.2) is 34.9 Å². The summed E-state index contributed by atoms with van der Waals surface area (Å²) in [5.74, 6) is -1.20. The predicted molar refractivity (Wildman–Crippen MR) is 59.2 cm³/mol. The van der Waals surface area contributed by atoms with Crippen molar-refractivity contribution in [3.63, 3.8) is 0 Å². The normalized spacial score (nSPS) is 11.7. The first-order valence-electron chi connectivity index (χ1n) is 4.33. The highest BCUT2D eigenvalue weighted by Gasteiger charge is 2.28. The van der Waals surface area contributed by atoms with Crippen molar-refractivity contribution in [2.24, 2.45) is 0 Å². The Bertz CT molecular complexity index is 431. The molecular formula is C10H11BrNO4+. The van der Waals surface area contributed by atoms with Crippen LogP contribution in [0.2, 0.25) is 0 Å². The number of nitrogens with zero attached hydrogens (tertiary/aromatic N) is 1. The lowest BCUT2D eigenvalue weighted by Gasteiger charge is -2.02. The number of aromatic nitrogens is 1. The Morgan fingerprint density at radius 3 is 2.62 bits per heavy atom. The summed E-state index contributed by atoms with van der Waals surface area (Å²) in [5.41, 5.74) is -0.0914. The molecule has 1 rings (SSSR count). The van der Waals surface area contributed by atoms with Gasteiger partial charge in [-0.2, -0.15) is 4.57 Å². The zero-order valence-electron chi connectivity index (χ0n) is 8.81. The van der Waals surface area contributed by atoms with Gasteiger partial charge in [-0.05, 0) is 22.0 Å². The maximum atomic E-state index is 11.5. The Labute approximate surface area is 101 Å². The molecule has 0 spiro atoms. The number of rotatable bonds is 3. The Morgan fingerprint density at radius 1 is 1.44 bits per heavy atom. The molecular weight excluding hydrogens is 278 g/mol. The van der Waals surface area contributed by atoms with E-state index in [0.29, 0.717) is 0 Å². The Kier molecular flexibility index (Phi) is 4.30. The standard InChI is InChI=1S/C10H10BrNO4/c1-15-9(13)8(10(14)16-2)12-5-3-4-7(11)6-12/h3-6H,1-2H3/p+1. The number of halogens is 1. The molecule has 0 saturated heterocycles. The maximum absolute atomic E-state index is 11.5. The van der Waals surface area contributed by atoms with Gasteiger partial charge in [0.25, 0.3) is 0 Å². The minimum Gasteiger partial charge on any atom is -0.476 e. The summed E-state index contributed by atoms with van der Waals surface area (Å²) in [6, 6.07) is 3.49. The molecule has 0 aromatic carbocycles. The lowest BCUT2D eigenvalue weighted by Crippen LogP contribution is -2.37. The van der Waals surface area contributed by atoms with Gasteiger partial charge in [-0.25, -0.2) is 4.79 Å². The average molecular weight is 289 g/mol. The number of hydrogen-bond acceptors (Lipinski definition) is 4. The minimum atomic E-state index is -0.692. The van der Waals surface area contributed by atoms with Gasteiger partial charge in [0, 0.05) is 6.07 Å². The van der Waals surface area contributed by atoms with Crippen molar-refractivity contribution >= 4 is 27.6 Å². The van der Waals surface area contributed by atoms with Crippen LogP contribution in [0.3, 0.4) is 0 Å². The molecule has 16 heavy (non-hydrogen) atoms. The van der Waals surface area contributed by atoms with Crippen molar-refractivity contribution < 1.29 is 23.9 Å². The highest BCUT2D eigenvalue weighted by molar-refractivity contribution is 9.10. The van der Waals surface area contributed by atoms with Gasteiger partial charge in [-0.1, -0.05) is 0 Å². The molecule has 1 aromatic heterocycles. The average Bonchev–Trinajstić information content (AvgIpc) is 2.29. The zero-order chi connectivity index (χ0) is 12.1. The molecule has 0 amide bonds. The van der Waals surface area contributed by atoms with E-state index in [1.54, 1.807) is 24.5 Å². The molecule has 0 fully saturated rings. The largest absolute Gasteiger partial charge is 0.476 e. The number of ether oxygens (including phenoxy) is 2.